The van der Waals surface area contributed by atoms with Crippen LogP contribution in [0.4, 0.5) is 0 Å². The topological polar surface area (TPSA) is 107 Å². The molecule has 1 amide bonds. The zero-order chi connectivity index (χ0) is 18.0. The summed E-state index contributed by atoms with van der Waals surface area (Å²) in [4.78, 5) is 13.7. The predicted octanol–water partition coefficient (Wildman–Crippen LogP) is 1.71. The highest BCUT2D eigenvalue weighted by molar-refractivity contribution is 7.90. The summed E-state index contributed by atoms with van der Waals surface area (Å²) >= 11 is 1.30. The van der Waals surface area contributed by atoms with Gasteiger partial charge in [-0.15, -0.1) is 16.4 Å². The molecule has 2 heterocycles. The fourth-order valence-corrected chi connectivity index (χ4v) is 4.37. The zero-order valence-electron chi connectivity index (χ0n) is 13.5. The maximum Gasteiger partial charge on any atom is 0.275 e. The highest BCUT2D eigenvalue weighted by Crippen LogP contribution is 2.23. The second-order valence-corrected chi connectivity index (χ2v) is 8.08. The molecule has 0 aliphatic carbocycles. The van der Waals surface area contributed by atoms with Gasteiger partial charge in [0.1, 0.15) is 6.33 Å². The zero-order valence-corrected chi connectivity index (χ0v) is 15.1. The molecule has 0 aliphatic heterocycles. The van der Waals surface area contributed by atoms with Gasteiger partial charge in [0.05, 0.1) is 15.5 Å². The lowest BCUT2D eigenvalue weighted by Gasteiger charge is -2.07. The molecule has 1 aromatic carbocycles. The number of nitrogens with one attached hydrogen (secondary N) is 1. The van der Waals surface area contributed by atoms with Gasteiger partial charge in [-0.25, -0.2) is 17.8 Å². The maximum atomic E-state index is 12.5. The maximum absolute atomic E-state index is 12.5. The Morgan fingerprint density at radius 3 is 2.76 bits per heavy atom. The minimum Gasteiger partial charge on any atom is -0.267 e. The molecular formula is C15H15N5O3S2. The Bertz CT molecular complexity index is 1010. The number of tetrazole rings is 1. The molecule has 0 fully saturated rings. The molecule has 2 aromatic heterocycles. The Hall–Kier alpha value is -2.59. The van der Waals surface area contributed by atoms with Crippen LogP contribution in [0.1, 0.15) is 27.0 Å². The van der Waals surface area contributed by atoms with E-state index in [4.69, 9.17) is 0 Å². The average molecular weight is 377 g/mol. The number of carbonyl (C=O) groups is 1. The average Bonchev–Trinajstić information content (AvgIpc) is 3.24. The van der Waals surface area contributed by atoms with E-state index < -0.39 is 15.9 Å². The molecule has 0 radical (unpaired) electrons. The number of rotatable bonds is 5. The number of nitrogens with zero attached hydrogens (tertiary/aromatic N) is 4. The van der Waals surface area contributed by atoms with Gasteiger partial charge in [-0.2, -0.15) is 0 Å². The highest BCUT2D eigenvalue weighted by atomic mass is 32.2. The van der Waals surface area contributed by atoms with Gasteiger partial charge in [0.15, 0.2) is 0 Å². The number of carbonyl (C=O) groups excluding carboxylic acids is 1. The van der Waals surface area contributed by atoms with E-state index in [2.05, 4.69) is 20.2 Å². The molecule has 0 aliphatic rings. The summed E-state index contributed by atoms with van der Waals surface area (Å²) < 4.78 is 28.5. The lowest BCUT2D eigenvalue weighted by atomic mass is 10.2. The van der Waals surface area contributed by atoms with Crippen molar-refractivity contribution in [2.24, 2.45) is 0 Å². The molecule has 3 aromatic rings. The number of thiophene rings is 1. The van der Waals surface area contributed by atoms with Crippen molar-refractivity contribution in [1.29, 1.82) is 0 Å². The van der Waals surface area contributed by atoms with Crippen LogP contribution in [0.25, 0.3) is 5.69 Å². The van der Waals surface area contributed by atoms with Crippen LogP contribution in [-0.4, -0.2) is 34.5 Å². The number of benzene rings is 1. The third-order valence-electron chi connectivity index (χ3n) is 3.53. The highest BCUT2D eigenvalue weighted by Gasteiger charge is 2.21. The van der Waals surface area contributed by atoms with E-state index in [0.717, 1.165) is 16.9 Å². The van der Waals surface area contributed by atoms with E-state index in [9.17, 15) is 13.2 Å². The first kappa shape index (κ1) is 17.2. The molecule has 25 heavy (non-hydrogen) atoms. The molecule has 0 unspecified atom stereocenters. The predicted molar refractivity (Wildman–Crippen MR) is 92.2 cm³/mol. The Balaban J connectivity index is 1.86. The summed E-state index contributed by atoms with van der Waals surface area (Å²) in [6.07, 6.45) is 2.15. The molecule has 0 saturated heterocycles. The van der Waals surface area contributed by atoms with Crippen molar-refractivity contribution in [1.82, 2.24) is 24.9 Å². The number of aromatic nitrogens is 4. The lowest BCUT2D eigenvalue weighted by molar-refractivity contribution is 0.0985. The van der Waals surface area contributed by atoms with Crippen molar-refractivity contribution in [2.75, 3.05) is 0 Å². The number of hydrogen-bond donors (Lipinski definition) is 1. The van der Waals surface area contributed by atoms with Crippen molar-refractivity contribution < 1.29 is 13.2 Å². The molecule has 8 nitrogen and oxygen atoms in total. The van der Waals surface area contributed by atoms with Crippen molar-refractivity contribution in [3.63, 3.8) is 0 Å². The molecular weight excluding hydrogens is 362 g/mol. The second-order valence-electron chi connectivity index (χ2n) is 5.26. The molecule has 0 spiro atoms. The van der Waals surface area contributed by atoms with Crippen LogP contribution in [0.3, 0.4) is 0 Å². The van der Waals surface area contributed by atoms with Gasteiger partial charge in [0.25, 0.3) is 15.9 Å². The standard InChI is InChI=1S/C15H15N5O3S2/c1-3-13-10(2)7-14(24-13)15(21)17-25(22,23)12-6-4-5-11(8-12)20-9-16-18-19-20/h4-9H,3H2,1-2H3,(H,17,21). The quantitative estimate of drug-likeness (QED) is 0.725. The fraction of sp³-hybridized carbons (Fsp3) is 0.200. The molecule has 130 valence electrons. The minimum absolute atomic E-state index is 0.0437. The first-order chi connectivity index (χ1) is 11.9. The van der Waals surface area contributed by atoms with Gasteiger partial charge in [-0.3, -0.25) is 4.79 Å². The van der Waals surface area contributed by atoms with Gasteiger partial charge in [0, 0.05) is 4.88 Å². The third-order valence-corrected chi connectivity index (χ3v) is 6.24. The van der Waals surface area contributed by atoms with Crippen LogP contribution in [-0.2, 0) is 16.4 Å². The van der Waals surface area contributed by atoms with Gasteiger partial charge >= 0.3 is 0 Å². The first-order valence-electron chi connectivity index (χ1n) is 7.40. The normalized spacial score (nSPS) is 11.4. The molecule has 10 heteroatoms. The van der Waals surface area contributed by atoms with Crippen LogP contribution in [0.2, 0.25) is 0 Å². The van der Waals surface area contributed by atoms with E-state index in [0.29, 0.717) is 10.6 Å². The summed E-state index contributed by atoms with van der Waals surface area (Å²) in [7, 11) is -4.01. The molecule has 1 N–H and O–H groups in total. The molecule has 0 saturated carbocycles. The van der Waals surface area contributed by atoms with Gasteiger partial charge in [-0.05, 0) is 53.6 Å². The van der Waals surface area contributed by atoms with Crippen molar-refractivity contribution in [3.8, 4) is 5.69 Å². The largest absolute Gasteiger partial charge is 0.275 e. The molecule has 0 bridgehead atoms. The Labute approximate surface area is 148 Å². The van der Waals surface area contributed by atoms with Crippen LogP contribution in [0.5, 0.6) is 0 Å². The van der Waals surface area contributed by atoms with Gasteiger partial charge in [0.2, 0.25) is 0 Å². The van der Waals surface area contributed by atoms with E-state index >= 15 is 0 Å². The van der Waals surface area contributed by atoms with E-state index in [-0.39, 0.29) is 4.90 Å². The van der Waals surface area contributed by atoms with E-state index in [1.807, 2.05) is 13.8 Å². The van der Waals surface area contributed by atoms with Crippen LogP contribution >= 0.6 is 11.3 Å². The number of aryl methyl sites for hydroxylation is 2. The van der Waals surface area contributed by atoms with Crippen molar-refractivity contribution in [2.45, 2.75) is 25.2 Å². The summed E-state index contributed by atoms with van der Waals surface area (Å²) in [6.45, 7) is 3.89. The van der Waals surface area contributed by atoms with Crippen LogP contribution in [0, 0.1) is 6.92 Å². The third kappa shape index (κ3) is 3.59. The summed E-state index contributed by atoms with van der Waals surface area (Å²) in [5.41, 5.74) is 1.45. The minimum atomic E-state index is -4.01. The molecule has 3 rings (SSSR count). The van der Waals surface area contributed by atoms with E-state index in [1.165, 1.54) is 34.5 Å². The van der Waals surface area contributed by atoms with Crippen molar-refractivity contribution >= 4 is 27.3 Å². The first-order valence-corrected chi connectivity index (χ1v) is 9.70. The Morgan fingerprint density at radius 2 is 2.12 bits per heavy atom. The summed E-state index contributed by atoms with van der Waals surface area (Å²) in [5.74, 6) is -0.638. The molecule has 0 atom stereocenters. The Kier molecular flexibility index (Phi) is 4.64. The number of sulfonamides is 1. The number of amides is 1. The SMILES string of the molecule is CCc1sc(C(=O)NS(=O)(=O)c2cccc(-n3cnnn3)c2)cc1C. The lowest BCUT2D eigenvalue weighted by Crippen LogP contribution is -2.30. The fourth-order valence-electron chi connectivity index (χ4n) is 2.29. The van der Waals surface area contributed by atoms with E-state index in [1.54, 1.807) is 18.2 Å². The van der Waals surface area contributed by atoms with Gasteiger partial charge in [-0.1, -0.05) is 13.0 Å². The summed E-state index contributed by atoms with van der Waals surface area (Å²) in [6, 6.07) is 7.71. The van der Waals surface area contributed by atoms with Crippen LogP contribution in [0.15, 0.2) is 41.6 Å². The van der Waals surface area contributed by atoms with Gasteiger partial charge < -0.3 is 0 Å². The smallest absolute Gasteiger partial charge is 0.267 e. The number of hydrogen-bond acceptors (Lipinski definition) is 7. The monoisotopic (exact) mass is 377 g/mol. The van der Waals surface area contributed by atoms with Crippen LogP contribution < -0.4 is 4.72 Å². The second kappa shape index (κ2) is 6.73. The van der Waals surface area contributed by atoms with Crippen molar-refractivity contribution in [3.05, 3.63) is 52.0 Å². The Morgan fingerprint density at radius 1 is 1.32 bits per heavy atom. The summed E-state index contributed by atoms with van der Waals surface area (Å²) in [5, 5.41) is 10.7.